The minimum Gasteiger partial charge on any atom is -0.381 e. The summed E-state index contributed by atoms with van der Waals surface area (Å²) in [7, 11) is 1.79. The standard InChI is InChI=1S/C15H14FN5/c1-21-15(18-19-20-21)12-5-3-7-14(9-12)17-10-11-4-2-6-13(16)8-11/h2-9,17H,10H2,1H3. The number of rotatable bonds is 4. The number of hydrogen-bond acceptors (Lipinski definition) is 4. The molecule has 0 aliphatic heterocycles. The summed E-state index contributed by atoms with van der Waals surface area (Å²) in [5, 5.41) is 14.7. The number of tetrazole rings is 1. The Morgan fingerprint density at radius 2 is 2.00 bits per heavy atom. The maximum absolute atomic E-state index is 13.1. The number of benzene rings is 2. The third kappa shape index (κ3) is 3.05. The van der Waals surface area contributed by atoms with Crippen LogP contribution in [-0.4, -0.2) is 20.2 Å². The van der Waals surface area contributed by atoms with Crippen molar-refractivity contribution < 1.29 is 4.39 Å². The molecule has 106 valence electrons. The SMILES string of the molecule is Cn1nnnc1-c1cccc(NCc2cccc(F)c2)c1. The average Bonchev–Trinajstić information content (AvgIpc) is 2.92. The second kappa shape index (κ2) is 5.70. The Hall–Kier alpha value is -2.76. The lowest BCUT2D eigenvalue weighted by atomic mass is 10.1. The van der Waals surface area contributed by atoms with Crippen LogP contribution in [0.1, 0.15) is 5.56 Å². The molecule has 3 aromatic rings. The van der Waals surface area contributed by atoms with Gasteiger partial charge >= 0.3 is 0 Å². The zero-order chi connectivity index (χ0) is 14.7. The van der Waals surface area contributed by atoms with Gasteiger partial charge in [0, 0.05) is 24.8 Å². The predicted molar refractivity (Wildman–Crippen MR) is 78.0 cm³/mol. The van der Waals surface area contributed by atoms with Crippen molar-refractivity contribution in [2.45, 2.75) is 6.54 Å². The molecule has 1 N–H and O–H groups in total. The van der Waals surface area contributed by atoms with Crippen LogP contribution in [0.4, 0.5) is 10.1 Å². The number of nitrogens with one attached hydrogen (secondary N) is 1. The third-order valence-electron chi connectivity index (χ3n) is 3.13. The molecule has 0 saturated carbocycles. The van der Waals surface area contributed by atoms with Gasteiger partial charge in [0.1, 0.15) is 5.82 Å². The van der Waals surface area contributed by atoms with E-state index in [0.29, 0.717) is 12.4 Å². The van der Waals surface area contributed by atoms with Crippen molar-refractivity contribution >= 4 is 5.69 Å². The van der Waals surface area contributed by atoms with E-state index in [0.717, 1.165) is 16.8 Å². The second-order valence-corrected chi connectivity index (χ2v) is 4.69. The highest BCUT2D eigenvalue weighted by Crippen LogP contribution is 2.20. The van der Waals surface area contributed by atoms with Gasteiger partial charge in [-0.3, -0.25) is 0 Å². The Morgan fingerprint density at radius 3 is 2.76 bits per heavy atom. The van der Waals surface area contributed by atoms with Crippen molar-refractivity contribution in [3.05, 3.63) is 59.9 Å². The van der Waals surface area contributed by atoms with Gasteiger partial charge in [-0.15, -0.1) is 5.10 Å². The summed E-state index contributed by atoms with van der Waals surface area (Å²) >= 11 is 0. The van der Waals surface area contributed by atoms with Crippen molar-refractivity contribution in [3.8, 4) is 11.4 Å². The molecule has 0 atom stereocenters. The van der Waals surface area contributed by atoms with Crippen LogP contribution in [0.3, 0.4) is 0 Å². The molecular formula is C15H14FN5. The molecule has 5 nitrogen and oxygen atoms in total. The van der Waals surface area contributed by atoms with Crippen LogP contribution < -0.4 is 5.32 Å². The fraction of sp³-hybridized carbons (Fsp3) is 0.133. The number of nitrogens with zero attached hydrogens (tertiary/aromatic N) is 4. The number of anilines is 1. The lowest BCUT2D eigenvalue weighted by Gasteiger charge is -2.08. The topological polar surface area (TPSA) is 55.6 Å². The van der Waals surface area contributed by atoms with Crippen molar-refractivity contribution in [2.24, 2.45) is 7.05 Å². The highest BCUT2D eigenvalue weighted by Gasteiger charge is 2.06. The van der Waals surface area contributed by atoms with E-state index in [1.54, 1.807) is 17.8 Å². The molecule has 0 radical (unpaired) electrons. The molecule has 3 rings (SSSR count). The summed E-state index contributed by atoms with van der Waals surface area (Å²) in [6, 6.07) is 14.3. The smallest absolute Gasteiger partial charge is 0.181 e. The van der Waals surface area contributed by atoms with E-state index >= 15 is 0 Å². The quantitative estimate of drug-likeness (QED) is 0.799. The molecule has 1 aromatic heterocycles. The Kier molecular flexibility index (Phi) is 3.59. The minimum absolute atomic E-state index is 0.229. The van der Waals surface area contributed by atoms with Gasteiger partial charge in [-0.1, -0.05) is 24.3 Å². The molecule has 0 saturated heterocycles. The van der Waals surface area contributed by atoms with Gasteiger partial charge in [-0.25, -0.2) is 9.07 Å². The van der Waals surface area contributed by atoms with E-state index in [2.05, 4.69) is 20.8 Å². The largest absolute Gasteiger partial charge is 0.381 e. The summed E-state index contributed by atoms with van der Waals surface area (Å²) in [5.74, 6) is 0.470. The van der Waals surface area contributed by atoms with Crippen LogP contribution >= 0.6 is 0 Å². The average molecular weight is 283 g/mol. The number of hydrogen-bond donors (Lipinski definition) is 1. The van der Waals surface area contributed by atoms with Crippen LogP contribution in [0, 0.1) is 5.82 Å². The maximum atomic E-state index is 13.1. The first-order valence-electron chi connectivity index (χ1n) is 6.53. The number of aromatic nitrogens is 4. The molecular weight excluding hydrogens is 269 g/mol. The van der Waals surface area contributed by atoms with Gasteiger partial charge in [0.2, 0.25) is 0 Å². The predicted octanol–water partition coefficient (Wildman–Crippen LogP) is 2.63. The Balaban J connectivity index is 1.76. The molecule has 0 aliphatic carbocycles. The Bertz CT molecular complexity index is 753. The molecule has 0 bridgehead atoms. The van der Waals surface area contributed by atoms with E-state index in [4.69, 9.17) is 0 Å². The van der Waals surface area contributed by atoms with Gasteiger partial charge in [0.05, 0.1) is 0 Å². The molecule has 2 aromatic carbocycles. The highest BCUT2D eigenvalue weighted by molar-refractivity contribution is 5.62. The minimum atomic E-state index is -0.229. The highest BCUT2D eigenvalue weighted by atomic mass is 19.1. The molecule has 21 heavy (non-hydrogen) atoms. The zero-order valence-corrected chi connectivity index (χ0v) is 11.5. The summed E-state index contributed by atoms with van der Waals surface area (Å²) in [5.41, 5.74) is 2.74. The van der Waals surface area contributed by atoms with Crippen LogP contribution in [0.15, 0.2) is 48.5 Å². The molecule has 0 unspecified atom stereocenters. The Morgan fingerprint density at radius 1 is 1.14 bits per heavy atom. The van der Waals surface area contributed by atoms with Crippen molar-refractivity contribution in [3.63, 3.8) is 0 Å². The van der Waals surface area contributed by atoms with E-state index in [9.17, 15) is 4.39 Å². The van der Waals surface area contributed by atoms with E-state index in [-0.39, 0.29) is 5.82 Å². The van der Waals surface area contributed by atoms with Crippen LogP contribution in [0.25, 0.3) is 11.4 Å². The summed E-state index contributed by atoms with van der Waals surface area (Å²) in [6.45, 7) is 0.554. The lowest BCUT2D eigenvalue weighted by molar-refractivity contribution is 0.626. The Labute approximate surface area is 121 Å². The van der Waals surface area contributed by atoms with Gasteiger partial charge < -0.3 is 5.32 Å². The molecule has 6 heteroatoms. The third-order valence-corrected chi connectivity index (χ3v) is 3.13. The monoisotopic (exact) mass is 283 g/mol. The molecule has 0 aliphatic rings. The van der Waals surface area contributed by atoms with Crippen LogP contribution in [-0.2, 0) is 13.6 Å². The van der Waals surface area contributed by atoms with Crippen molar-refractivity contribution in [1.29, 1.82) is 0 Å². The van der Waals surface area contributed by atoms with Gasteiger partial charge in [-0.05, 0) is 40.3 Å². The molecule has 0 fully saturated rings. The maximum Gasteiger partial charge on any atom is 0.181 e. The molecule has 0 amide bonds. The number of aryl methyl sites for hydroxylation is 1. The first-order chi connectivity index (χ1) is 10.2. The second-order valence-electron chi connectivity index (χ2n) is 4.69. The van der Waals surface area contributed by atoms with E-state index in [1.807, 2.05) is 30.3 Å². The molecule has 0 spiro atoms. The molecule has 1 heterocycles. The fourth-order valence-electron chi connectivity index (χ4n) is 2.09. The lowest BCUT2D eigenvalue weighted by Crippen LogP contribution is -2.00. The van der Waals surface area contributed by atoms with Gasteiger partial charge in [-0.2, -0.15) is 0 Å². The fourth-order valence-corrected chi connectivity index (χ4v) is 2.09. The van der Waals surface area contributed by atoms with E-state index < -0.39 is 0 Å². The summed E-state index contributed by atoms with van der Waals surface area (Å²) < 4.78 is 14.8. The normalized spacial score (nSPS) is 10.6. The summed E-state index contributed by atoms with van der Waals surface area (Å²) in [6.07, 6.45) is 0. The van der Waals surface area contributed by atoms with Crippen molar-refractivity contribution in [1.82, 2.24) is 20.2 Å². The van der Waals surface area contributed by atoms with E-state index in [1.165, 1.54) is 12.1 Å². The zero-order valence-electron chi connectivity index (χ0n) is 11.5. The van der Waals surface area contributed by atoms with Gasteiger partial charge in [0.15, 0.2) is 5.82 Å². The summed E-state index contributed by atoms with van der Waals surface area (Å²) in [4.78, 5) is 0. The van der Waals surface area contributed by atoms with Crippen LogP contribution in [0.5, 0.6) is 0 Å². The first kappa shape index (κ1) is 13.2. The van der Waals surface area contributed by atoms with Crippen LogP contribution in [0.2, 0.25) is 0 Å². The number of halogens is 1. The van der Waals surface area contributed by atoms with Gasteiger partial charge in [0.25, 0.3) is 0 Å². The first-order valence-corrected chi connectivity index (χ1v) is 6.53. The van der Waals surface area contributed by atoms with Crippen molar-refractivity contribution in [2.75, 3.05) is 5.32 Å².